The summed E-state index contributed by atoms with van der Waals surface area (Å²) in [6.45, 7) is 5.24. The van der Waals surface area contributed by atoms with Gasteiger partial charge in [0.25, 0.3) is 0 Å². The van der Waals surface area contributed by atoms with Crippen molar-refractivity contribution < 1.29 is 28.6 Å². The lowest BCUT2D eigenvalue weighted by atomic mass is 10.0. The average Bonchev–Trinajstić information content (AvgIpc) is 3.02. The van der Waals surface area contributed by atoms with Crippen molar-refractivity contribution in [3.63, 3.8) is 0 Å². The number of esters is 1. The zero-order valence-corrected chi connectivity index (χ0v) is 12.5. The molecule has 3 aromatic rings. The van der Waals surface area contributed by atoms with Crippen LogP contribution in [0.5, 0.6) is 5.75 Å². The minimum Gasteiger partial charge on any atom is -0.504 e. The molecule has 0 radical (unpaired) electrons. The molecule has 22 heavy (non-hydrogen) atoms. The third kappa shape index (κ3) is 2.03. The van der Waals surface area contributed by atoms with Gasteiger partial charge in [-0.2, -0.15) is 0 Å². The Kier molecular flexibility index (Phi) is 3.33. The van der Waals surface area contributed by atoms with E-state index < -0.39 is 12.1 Å². The van der Waals surface area contributed by atoms with Gasteiger partial charge in [-0.3, -0.25) is 0 Å². The molecule has 0 saturated heterocycles. The third-order valence-corrected chi connectivity index (χ3v) is 3.50. The first-order chi connectivity index (χ1) is 10.4. The summed E-state index contributed by atoms with van der Waals surface area (Å²) in [5, 5.41) is 21.5. The zero-order chi connectivity index (χ0) is 16.0. The molecule has 0 spiro atoms. The molecule has 3 rings (SSSR count). The van der Waals surface area contributed by atoms with Crippen molar-refractivity contribution in [3.8, 4) is 5.75 Å². The van der Waals surface area contributed by atoms with Crippen LogP contribution in [-0.2, 0) is 9.53 Å². The molecule has 1 unspecified atom stereocenters. The first-order valence-electron chi connectivity index (χ1n) is 6.93. The summed E-state index contributed by atoms with van der Waals surface area (Å²) in [5.41, 5.74) is 0.708. The van der Waals surface area contributed by atoms with Gasteiger partial charge in [-0.15, -0.1) is 0 Å². The summed E-state index contributed by atoms with van der Waals surface area (Å²) < 4.78 is 15.9. The lowest BCUT2D eigenvalue weighted by Gasteiger charge is -2.12. The van der Waals surface area contributed by atoms with E-state index in [1.165, 1.54) is 0 Å². The van der Waals surface area contributed by atoms with Gasteiger partial charge in [0.2, 0.25) is 0 Å². The largest absolute Gasteiger partial charge is 0.504 e. The Morgan fingerprint density at radius 1 is 1.18 bits per heavy atom. The Morgan fingerprint density at radius 3 is 2.41 bits per heavy atom. The summed E-state index contributed by atoms with van der Waals surface area (Å²) in [5.74, 6) is 0.248. The number of aromatic hydroxyl groups is 1. The van der Waals surface area contributed by atoms with Crippen LogP contribution in [0.15, 0.2) is 21.0 Å². The smallest absolute Gasteiger partial charge is 0.339 e. The molecule has 2 heterocycles. The second kappa shape index (κ2) is 5.06. The first kappa shape index (κ1) is 14.5. The molecule has 0 saturated carbocycles. The maximum Gasteiger partial charge on any atom is 0.339 e. The van der Waals surface area contributed by atoms with E-state index in [9.17, 15) is 15.0 Å². The molecule has 0 fully saturated rings. The van der Waals surface area contributed by atoms with E-state index in [-0.39, 0.29) is 29.1 Å². The molecule has 6 nitrogen and oxygen atoms in total. The van der Waals surface area contributed by atoms with Crippen molar-refractivity contribution >= 4 is 27.9 Å². The molecular weight excluding hydrogens is 288 g/mol. The van der Waals surface area contributed by atoms with E-state index in [0.29, 0.717) is 22.3 Å². The van der Waals surface area contributed by atoms with Crippen LogP contribution < -0.4 is 0 Å². The molecule has 0 aliphatic heterocycles. The minimum atomic E-state index is -1.52. The number of hydrogen-bond donors (Lipinski definition) is 2. The number of carbonyl (C=O) groups is 1. The van der Waals surface area contributed by atoms with Crippen molar-refractivity contribution in [2.75, 3.05) is 6.61 Å². The summed E-state index contributed by atoms with van der Waals surface area (Å²) in [7, 11) is 0. The predicted molar refractivity (Wildman–Crippen MR) is 78.7 cm³/mol. The maximum atomic E-state index is 11.9. The van der Waals surface area contributed by atoms with Gasteiger partial charge in [0.15, 0.2) is 17.4 Å². The highest BCUT2D eigenvalue weighted by Gasteiger charge is 2.29. The number of fused-ring (bicyclic) bond motifs is 2. The molecule has 2 N–H and O–H groups in total. The number of phenols is 1. The van der Waals surface area contributed by atoms with Gasteiger partial charge in [-0.05, 0) is 32.9 Å². The monoisotopic (exact) mass is 304 g/mol. The van der Waals surface area contributed by atoms with E-state index in [1.54, 1.807) is 32.9 Å². The number of ether oxygens (including phenoxy) is 1. The average molecular weight is 304 g/mol. The van der Waals surface area contributed by atoms with Crippen LogP contribution in [0.2, 0.25) is 0 Å². The molecule has 0 amide bonds. The quantitative estimate of drug-likeness (QED) is 0.722. The van der Waals surface area contributed by atoms with E-state index >= 15 is 0 Å². The molecular formula is C16H16O6. The first-order valence-corrected chi connectivity index (χ1v) is 6.93. The topological polar surface area (TPSA) is 93.0 Å². The third-order valence-electron chi connectivity index (χ3n) is 3.50. The van der Waals surface area contributed by atoms with Gasteiger partial charge in [0.05, 0.1) is 12.0 Å². The number of carbonyl (C=O) groups excluding carboxylic acids is 1. The standard InChI is InChI=1S/C16H16O6/c1-4-20-16(19)13(18)11-9-5-7(2)22-15(9)12(17)10-6-8(3)21-14(10)11/h5-6,13,17-18H,4H2,1-3H3. The van der Waals surface area contributed by atoms with Gasteiger partial charge < -0.3 is 23.8 Å². The van der Waals surface area contributed by atoms with Gasteiger partial charge in [-0.25, -0.2) is 4.79 Å². The number of aliphatic hydroxyl groups excluding tert-OH is 1. The SMILES string of the molecule is CCOC(=O)C(O)c1c2cc(C)oc2c(O)c2cc(C)oc12. The van der Waals surface area contributed by atoms with Gasteiger partial charge >= 0.3 is 5.97 Å². The highest BCUT2D eigenvalue weighted by Crippen LogP contribution is 2.43. The minimum absolute atomic E-state index is 0.0743. The fourth-order valence-corrected chi connectivity index (χ4v) is 2.64. The molecule has 116 valence electrons. The van der Waals surface area contributed by atoms with E-state index in [2.05, 4.69) is 0 Å². The van der Waals surface area contributed by atoms with Gasteiger partial charge in [-0.1, -0.05) is 0 Å². The van der Waals surface area contributed by atoms with Crippen LogP contribution in [0.25, 0.3) is 21.9 Å². The van der Waals surface area contributed by atoms with Crippen LogP contribution >= 0.6 is 0 Å². The van der Waals surface area contributed by atoms with Crippen LogP contribution in [0.1, 0.15) is 30.1 Å². The van der Waals surface area contributed by atoms with Crippen LogP contribution in [-0.4, -0.2) is 22.8 Å². The molecule has 2 aromatic heterocycles. The summed E-state index contributed by atoms with van der Waals surface area (Å²) >= 11 is 0. The number of aryl methyl sites for hydroxylation is 2. The molecule has 0 aliphatic rings. The predicted octanol–water partition coefficient (Wildman–Crippen LogP) is 3.10. The molecule has 6 heteroatoms. The van der Waals surface area contributed by atoms with Crippen LogP contribution in [0.4, 0.5) is 0 Å². The fraction of sp³-hybridized carbons (Fsp3) is 0.312. The van der Waals surface area contributed by atoms with Gasteiger partial charge in [0.1, 0.15) is 17.1 Å². The Balaban J connectivity index is 2.37. The Morgan fingerprint density at radius 2 is 1.77 bits per heavy atom. The number of furan rings is 2. The molecule has 0 bridgehead atoms. The number of hydrogen-bond acceptors (Lipinski definition) is 6. The zero-order valence-electron chi connectivity index (χ0n) is 12.5. The summed E-state index contributed by atoms with van der Waals surface area (Å²) in [4.78, 5) is 11.9. The van der Waals surface area contributed by atoms with Crippen molar-refractivity contribution in [1.82, 2.24) is 0 Å². The number of benzene rings is 1. The summed E-state index contributed by atoms with van der Waals surface area (Å²) in [6, 6.07) is 3.27. The number of phenolic OH excluding ortho intramolecular Hbond substituents is 1. The molecule has 1 atom stereocenters. The number of aliphatic hydroxyl groups is 1. The lowest BCUT2D eigenvalue weighted by Crippen LogP contribution is -2.15. The normalized spacial score (nSPS) is 12.9. The summed E-state index contributed by atoms with van der Waals surface area (Å²) in [6.07, 6.45) is -1.52. The molecule has 0 aliphatic carbocycles. The molecule has 1 aromatic carbocycles. The van der Waals surface area contributed by atoms with Crippen molar-refractivity contribution in [1.29, 1.82) is 0 Å². The van der Waals surface area contributed by atoms with Crippen molar-refractivity contribution in [2.24, 2.45) is 0 Å². The fourth-order valence-electron chi connectivity index (χ4n) is 2.64. The van der Waals surface area contributed by atoms with E-state index in [1.807, 2.05) is 0 Å². The van der Waals surface area contributed by atoms with E-state index in [4.69, 9.17) is 13.6 Å². The highest BCUT2D eigenvalue weighted by atomic mass is 16.5. The second-order valence-electron chi connectivity index (χ2n) is 5.12. The van der Waals surface area contributed by atoms with Crippen molar-refractivity contribution in [2.45, 2.75) is 26.9 Å². The Labute approximate surface area is 125 Å². The van der Waals surface area contributed by atoms with E-state index in [0.717, 1.165) is 0 Å². The van der Waals surface area contributed by atoms with Gasteiger partial charge in [0, 0.05) is 10.9 Å². The van der Waals surface area contributed by atoms with Crippen LogP contribution in [0, 0.1) is 13.8 Å². The highest BCUT2D eigenvalue weighted by molar-refractivity contribution is 6.06. The Hall–Kier alpha value is -2.47. The number of rotatable bonds is 3. The lowest BCUT2D eigenvalue weighted by molar-refractivity contribution is -0.153. The van der Waals surface area contributed by atoms with Crippen molar-refractivity contribution in [3.05, 3.63) is 29.2 Å². The second-order valence-corrected chi connectivity index (χ2v) is 5.12. The van der Waals surface area contributed by atoms with Crippen LogP contribution in [0.3, 0.4) is 0 Å². The Bertz CT molecular complexity index is 812. The maximum absolute atomic E-state index is 11.9.